The second-order valence-corrected chi connectivity index (χ2v) is 6.47. The maximum Gasteiger partial charge on any atom is 0.314 e. The molecule has 130 valence electrons. The van der Waals surface area contributed by atoms with Gasteiger partial charge in [-0.2, -0.15) is 0 Å². The van der Waals surface area contributed by atoms with Gasteiger partial charge in [-0.1, -0.05) is 17.7 Å². The van der Waals surface area contributed by atoms with E-state index in [-0.39, 0.29) is 0 Å². The van der Waals surface area contributed by atoms with Crippen molar-refractivity contribution >= 4 is 40.5 Å². The van der Waals surface area contributed by atoms with Gasteiger partial charge >= 0.3 is 11.8 Å². The highest BCUT2D eigenvalue weighted by molar-refractivity contribution is 6.44. The summed E-state index contributed by atoms with van der Waals surface area (Å²) in [6.07, 6.45) is 2.42. The highest BCUT2D eigenvalue weighted by Gasteiger charge is 2.16. The van der Waals surface area contributed by atoms with Crippen molar-refractivity contribution in [2.24, 2.45) is 0 Å². The molecule has 5 nitrogen and oxygen atoms in total. The minimum atomic E-state index is -0.728. The van der Waals surface area contributed by atoms with E-state index in [2.05, 4.69) is 15.5 Å². The summed E-state index contributed by atoms with van der Waals surface area (Å²) in [5.74, 6) is -1.44. The highest BCUT2D eigenvalue weighted by atomic mass is 35.5. The molecule has 0 aliphatic carbocycles. The van der Waals surface area contributed by atoms with Gasteiger partial charge < -0.3 is 15.5 Å². The van der Waals surface area contributed by atoms with Crippen LogP contribution in [0.15, 0.2) is 42.5 Å². The Kier molecular flexibility index (Phi) is 5.24. The molecule has 0 radical (unpaired) electrons. The summed E-state index contributed by atoms with van der Waals surface area (Å²) in [6.45, 7) is 3.91. The molecule has 0 atom stereocenters. The summed E-state index contributed by atoms with van der Waals surface area (Å²) in [7, 11) is 0. The maximum absolute atomic E-state index is 12.1. The van der Waals surface area contributed by atoms with Crippen molar-refractivity contribution in [2.45, 2.75) is 19.8 Å². The van der Waals surface area contributed by atoms with Crippen LogP contribution in [0.1, 0.15) is 18.4 Å². The number of carbonyl (C=O) groups excluding carboxylic acids is 2. The molecule has 1 heterocycles. The predicted molar refractivity (Wildman–Crippen MR) is 101 cm³/mol. The number of nitrogens with zero attached hydrogens (tertiary/aromatic N) is 1. The molecule has 2 amide bonds. The highest BCUT2D eigenvalue weighted by Crippen LogP contribution is 2.24. The van der Waals surface area contributed by atoms with E-state index < -0.39 is 11.8 Å². The molecule has 2 N–H and O–H groups in total. The maximum atomic E-state index is 12.1. The molecule has 1 aliphatic rings. The van der Waals surface area contributed by atoms with Crippen LogP contribution in [0.2, 0.25) is 5.02 Å². The lowest BCUT2D eigenvalue weighted by Gasteiger charge is -2.17. The van der Waals surface area contributed by atoms with Crippen molar-refractivity contribution < 1.29 is 9.59 Å². The third-order valence-corrected chi connectivity index (χ3v) is 4.73. The molecule has 0 saturated carbocycles. The average molecular weight is 358 g/mol. The average Bonchev–Trinajstić information content (AvgIpc) is 3.14. The van der Waals surface area contributed by atoms with Gasteiger partial charge in [0.25, 0.3) is 0 Å². The third kappa shape index (κ3) is 4.12. The number of carbonyl (C=O) groups is 2. The molecule has 0 unspecified atom stereocenters. The molecule has 25 heavy (non-hydrogen) atoms. The number of halogens is 1. The zero-order valence-electron chi connectivity index (χ0n) is 14.0. The number of rotatable bonds is 3. The van der Waals surface area contributed by atoms with Crippen molar-refractivity contribution in [1.82, 2.24) is 0 Å². The van der Waals surface area contributed by atoms with Crippen molar-refractivity contribution in [3.05, 3.63) is 53.1 Å². The molecule has 0 spiro atoms. The summed E-state index contributed by atoms with van der Waals surface area (Å²) < 4.78 is 0. The smallest absolute Gasteiger partial charge is 0.314 e. The molecule has 3 rings (SSSR count). The molecule has 1 saturated heterocycles. The van der Waals surface area contributed by atoms with Gasteiger partial charge in [0.1, 0.15) is 0 Å². The summed E-state index contributed by atoms with van der Waals surface area (Å²) in [5, 5.41) is 5.73. The van der Waals surface area contributed by atoms with Gasteiger partial charge in [0.15, 0.2) is 0 Å². The summed E-state index contributed by atoms with van der Waals surface area (Å²) in [5.41, 5.74) is 2.97. The molecular weight excluding hydrogens is 338 g/mol. The van der Waals surface area contributed by atoms with Gasteiger partial charge in [-0.15, -0.1) is 0 Å². The standard InChI is InChI=1S/C19H20ClN3O2/c1-13-16(20)5-4-6-17(13)22-19(25)18(24)21-14-7-9-15(10-8-14)23-11-2-3-12-23/h4-10H,2-3,11-12H2,1H3,(H,21,24)(H,22,25). The Morgan fingerprint density at radius 2 is 1.60 bits per heavy atom. The number of hydrogen-bond donors (Lipinski definition) is 2. The lowest BCUT2D eigenvalue weighted by molar-refractivity contribution is -0.133. The molecule has 0 bridgehead atoms. The third-order valence-electron chi connectivity index (χ3n) is 4.32. The number of hydrogen-bond acceptors (Lipinski definition) is 3. The first-order valence-electron chi connectivity index (χ1n) is 8.27. The Hall–Kier alpha value is -2.53. The molecule has 1 aliphatic heterocycles. The predicted octanol–water partition coefficient (Wildman–Crippen LogP) is 3.83. The van der Waals surface area contributed by atoms with Crippen LogP contribution >= 0.6 is 11.6 Å². The fourth-order valence-corrected chi connectivity index (χ4v) is 3.02. The van der Waals surface area contributed by atoms with Gasteiger partial charge in [-0.05, 0) is 61.7 Å². The van der Waals surface area contributed by atoms with Gasteiger partial charge in [0, 0.05) is 35.2 Å². The Balaban J connectivity index is 1.61. The zero-order valence-corrected chi connectivity index (χ0v) is 14.8. The molecule has 1 fully saturated rings. The molecule has 2 aromatic rings. The zero-order chi connectivity index (χ0) is 17.8. The summed E-state index contributed by atoms with van der Waals surface area (Å²) in [4.78, 5) is 26.5. The van der Waals surface area contributed by atoms with E-state index in [0.29, 0.717) is 16.4 Å². The molecular formula is C19H20ClN3O2. The van der Waals surface area contributed by atoms with E-state index in [1.165, 1.54) is 12.8 Å². The van der Waals surface area contributed by atoms with Crippen LogP contribution in [0.4, 0.5) is 17.1 Å². The normalized spacial score (nSPS) is 13.6. The van der Waals surface area contributed by atoms with E-state index in [9.17, 15) is 9.59 Å². The fraction of sp³-hybridized carbons (Fsp3) is 0.263. The summed E-state index contributed by atoms with van der Waals surface area (Å²) >= 11 is 6.02. The van der Waals surface area contributed by atoms with Crippen LogP contribution in [0, 0.1) is 6.92 Å². The monoisotopic (exact) mass is 357 g/mol. The number of nitrogens with one attached hydrogen (secondary N) is 2. The van der Waals surface area contributed by atoms with E-state index in [4.69, 9.17) is 11.6 Å². The topological polar surface area (TPSA) is 61.4 Å². The van der Waals surface area contributed by atoms with Gasteiger partial charge in [0.05, 0.1) is 0 Å². The Labute approximate surface area is 152 Å². The van der Waals surface area contributed by atoms with Crippen LogP contribution in [-0.4, -0.2) is 24.9 Å². The minimum Gasteiger partial charge on any atom is -0.372 e. The van der Waals surface area contributed by atoms with Gasteiger partial charge in [0.2, 0.25) is 0 Å². The van der Waals surface area contributed by atoms with Crippen LogP contribution in [0.3, 0.4) is 0 Å². The van der Waals surface area contributed by atoms with Crippen LogP contribution in [0.25, 0.3) is 0 Å². The molecule has 0 aromatic heterocycles. The van der Waals surface area contributed by atoms with Crippen LogP contribution in [-0.2, 0) is 9.59 Å². The van der Waals surface area contributed by atoms with E-state index in [1.54, 1.807) is 25.1 Å². The fourth-order valence-electron chi connectivity index (χ4n) is 2.84. The first-order valence-corrected chi connectivity index (χ1v) is 8.65. The minimum absolute atomic E-state index is 0.525. The van der Waals surface area contributed by atoms with E-state index in [0.717, 1.165) is 24.3 Å². The number of amides is 2. The SMILES string of the molecule is Cc1c(Cl)cccc1NC(=O)C(=O)Nc1ccc(N2CCCC2)cc1. The lowest BCUT2D eigenvalue weighted by atomic mass is 10.2. The van der Waals surface area contributed by atoms with E-state index >= 15 is 0 Å². The number of anilines is 3. The van der Waals surface area contributed by atoms with Gasteiger partial charge in [-0.3, -0.25) is 9.59 Å². The quantitative estimate of drug-likeness (QED) is 0.821. The van der Waals surface area contributed by atoms with Gasteiger partial charge in [-0.25, -0.2) is 0 Å². The van der Waals surface area contributed by atoms with Crippen molar-refractivity contribution in [3.8, 4) is 0 Å². The largest absolute Gasteiger partial charge is 0.372 e. The molecule has 2 aromatic carbocycles. The Bertz CT molecular complexity index is 784. The van der Waals surface area contributed by atoms with E-state index in [1.807, 2.05) is 24.3 Å². The molecule has 6 heteroatoms. The number of benzene rings is 2. The Morgan fingerprint density at radius 1 is 0.960 bits per heavy atom. The first-order chi connectivity index (χ1) is 12.0. The van der Waals surface area contributed by atoms with Crippen LogP contribution < -0.4 is 15.5 Å². The summed E-state index contributed by atoms with van der Waals surface area (Å²) in [6, 6.07) is 12.7. The van der Waals surface area contributed by atoms with Crippen LogP contribution in [0.5, 0.6) is 0 Å². The second-order valence-electron chi connectivity index (χ2n) is 6.06. The first kappa shape index (κ1) is 17.3. The second kappa shape index (κ2) is 7.57. The Morgan fingerprint density at radius 3 is 2.28 bits per heavy atom. The lowest BCUT2D eigenvalue weighted by Crippen LogP contribution is -2.29. The van der Waals surface area contributed by atoms with Crippen molar-refractivity contribution in [2.75, 3.05) is 28.6 Å². The van der Waals surface area contributed by atoms with Crippen molar-refractivity contribution in [1.29, 1.82) is 0 Å². The van der Waals surface area contributed by atoms with Crippen molar-refractivity contribution in [3.63, 3.8) is 0 Å².